The maximum atomic E-state index is 11.4. The van der Waals surface area contributed by atoms with Crippen molar-refractivity contribution in [2.75, 3.05) is 12.3 Å². The predicted octanol–water partition coefficient (Wildman–Crippen LogP) is 1.45. The summed E-state index contributed by atoms with van der Waals surface area (Å²) in [7, 11) is 0. The average molecular weight is 290 g/mol. The summed E-state index contributed by atoms with van der Waals surface area (Å²) in [5.41, 5.74) is 0. The molecule has 6 nitrogen and oxygen atoms in total. The van der Waals surface area contributed by atoms with Gasteiger partial charge in [-0.2, -0.15) is 0 Å². The Morgan fingerprint density at radius 3 is 2.32 bits per heavy atom. The summed E-state index contributed by atoms with van der Waals surface area (Å²) in [4.78, 5) is 33.6. The van der Waals surface area contributed by atoms with E-state index in [1.54, 1.807) is 0 Å². The smallest absolute Gasteiger partial charge is 0.321 e. The van der Waals surface area contributed by atoms with Crippen LogP contribution in [0.3, 0.4) is 0 Å². The first-order valence-corrected chi connectivity index (χ1v) is 7.08. The Kier molecular flexibility index (Phi) is 7.51. The molecule has 0 rings (SSSR count). The summed E-state index contributed by atoms with van der Waals surface area (Å²) in [6.45, 7) is 7.60. The summed E-state index contributed by atoms with van der Waals surface area (Å²) in [5, 5.41) is 13.6. The third-order valence-electron chi connectivity index (χ3n) is 2.34. The van der Waals surface area contributed by atoms with Gasteiger partial charge in [0.25, 0.3) is 0 Å². The number of rotatable bonds is 7. The zero-order valence-corrected chi connectivity index (χ0v) is 12.6. The molecule has 0 aromatic heterocycles. The van der Waals surface area contributed by atoms with Crippen LogP contribution in [-0.4, -0.2) is 40.1 Å². The van der Waals surface area contributed by atoms with E-state index in [2.05, 4.69) is 10.6 Å². The maximum absolute atomic E-state index is 11.4. The minimum atomic E-state index is -1.05. The largest absolute Gasteiger partial charge is 0.480 e. The fourth-order valence-corrected chi connectivity index (χ4v) is 1.68. The van der Waals surface area contributed by atoms with Gasteiger partial charge in [0.05, 0.1) is 5.75 Å². The van der Waals surface area contributed by atoms with E-state index in [0.29, 0.717) is 12.5 Å². The Morgan fingerprint density at radius 1 is 1.26 bits per heavy atom. The van der Waals surface area contributed by atoms with Gasteiger partial charge in [0.2, 0.25) is 5.91 Å². The molecule has 3 N–H and O–H groups in total. The van der Waals surface area contributed by atoms with Gasteiger partial charge in [0, 0.05) is 6.54 Å². The SMILES string of the molecule is CC(C)CCNC(=O)NC(=O)CSC(C)(C)C(=O)O. The summed E-state index contributed by atoms with van der Waals surface area (Å²) < 4.78 is -1.05. The van der Waals surface area contributed by atoms with Crippen LogP contribution in [0.1, 0.15) is 34.1 Å². The fourth-order valence-electron chi connectivity index (χ4n) is 0.989. The van der Waals surface area contributed by atoms with Crippen molar-refractivity contribution in [2.24, 2.45) is 5.92 Å². The van der Waals surface area contributed by atoms with Crippen molar-refractivity contribution in [3.8, 4) is 0 Å². The van der Waals surface area contributed by atoms with Gasteiger partial charge in [-0.25, -0.2) is 4.79 Å². The summed E-state index contributed by atoms with van der Waals surface area (Å²) in [5.74, 6) is -1.09. The molecule has 0 aliphatic heterocycles. The lowest BCUT2D eigenvalue weighted by molar-refractivity contribution is -0.138. The standard InChI is InChI=1S/C12H22N2O4S/c1-8(2)5-6-13-11(18)14-9(15)7-19-12(3,4)10(16)17/h8H,5-7H2,1-4H3,(H,16,17)(H2,13,14,15,18). The van der Waals surface area contributed by atoms with E-state index in [1.165, 1.54) is 13.8 Å². The highest BCUT2D eigenvalue weighted by Crippen LogP contribution is 2.23. The molecule has 7 heteroatoms. The Morgan fingerprint density at radius 2 is 1.84 bits per heavy atom. The number of carbonyl (C=O) groups excluding carboxylic acids is 2. The van der Waals surface area contributed by atoms with E-state index >= 15 is 0 Å². The summed E-state index contributed by atoms with van der Waals surface area (Å²) in [6.07, 6.45) is 0.836. The van der Waals surface area contributed by atoms with Crippen molar-refractivity contribution in [3.63, 3.8) is 0 Å². The summed E-state index contributed by atoms with van der Waals surface area (Å²) >= 11 is 0.974. The molecule has 0 saturated carbocycles. The molecule has 19 heavy (non-hydrogen) atoms. The molecule has 0 spiro atoms. The summed E-state index contributed by atoms with van der Waals surface area (Å²) in [6, 6.07) is -0.542. The lowest BCUT2D eigenvalue weighted by Crippen LogP contribution is -2.41. The van der Waals surface area contributed by atoms with E-state index in [-0.39, 0.29) is 5.75 Å². The van der Waals surface area contributed by atoms with E-state index in [4.69, 9.17) is 5.11 Å². The molecular formula is C12H22N2O4S. The number of thioether (sulfide) groups is 1. The van der Waals surface area contributed by atoms with Gasteiger partial charge in [0.15, 0.2) is 0 Å². The molecule has 110 valence electrons. The van der Waals surface area contributed by atoms with Crippen LogP contribution in [0.4, 0.5) is 4.79 Å². The van der Waals surface area contributed by atoms with Crippen molar-refractivity contribution in [2.45, 2.75) is 38.9 Å². The van der Waals surface area contributed by atoms with Crippen molar-refractivity contribution in [3.05, 3.63) is 0 Å². The number of carboxylic acids is 1. The van der Waals surface area contributed by atoms with Gasteiger partial charge in [-0.15, -0.1) is 11.8 Å². The molecule has 0 aromatic carbocycles. The molecule has 0 unspecified atom stereocenters. The normalized spacial score (nSPS) is 11.2. The second kappa shape index (κ2) is 8.04. The second-order valence-corrected chi connectivity index (χ2v) is 6.69. The fraction of sp³-hybridized carbons (Fsp3) is 0.750. The zero-order chi connectivity index (χ0) is 15.1. The van der Waals surface area contributed by atoms with Crippen molar-refractivity contribution >= 4 is 29.7 Å². The van der Waals surface area contributed by atoms with E-state index in [0.717, 1.165) is 18.2 Å². The third-order valence-corrected chi connectivity index (χ3v) is 3.64. The molecule has 0 atom stereocenters. The number of amides is 3. The zero-order valence-electron chi connectivity index (χ0n) is 11.8. The van der Waals surface area contributed by atoms with Crippen LogP contribution >= 0.6 is 11.8 Å². The molecule has 0 aliphatic rings. The van der Waals surface area contributed by atoms with E-state index in [9.17, 15) is 14.4 Å². The van der Waals surface area contributed by atoms with Crippen molar-refractivity contribution in [1.82, 2.24) is 10.6 Å². The Labute approximate surface area is 117 Å². The quantitative estimate of drug-likeness (QED) is 0.659. The number of hydrogen-bond acceptors (Lipinski definition) is 4. The monoisotopic (exact) mass is 290 g/mol. The molecule has 0 bridgehead atoms. The minimum absolute atomic E-state index is 0.0725. The number of urea groups is 1. The van der Waals surface area contributed by atoms with Crippen LogP contribution in [0.25, 0.3) is 0 Å². The highest BCUT2D eigenvalue weighted by atomic mass is 32.2. The Hall–Kier alpha value is -1.24. The van der Waals surface area contributed by atoms with Crippen LogP contribution in [0.2, 0.25) is 0 Å². The third kappa shape index (κ3) is 8.47. The second-order valence-electron chi connectivity index (χ2n) is 5.09. The number of imide groups is 1. The molecule has 0 heterocycles. The first kappa shape index (κ1) is 17.8. The first-order chi connectivity index (χ1) is 8.65. The molecule has 0 fully saturated rings. The van der Waals surface area contributed by atoms with Gasteiger partial charge in [-0.1, -0.05) is 13.8 Å². The maximum Gasteiger partial charge on any atom is 0.321 e. The number of carboxylic acid groups (broad SMARTS) is 1. The molecule has 0 radical (unpaired) electrons. The predicted molar refractivity (Wildman–Crippen MR) is 75.2 cm³/mol. The molecule has 0 aromatic rings. The molecule has 3 amide bonds. The van der Waals surface area contributed by atoms with Gasteiger partial charge in [-0.3, -0.25) is 14.9 Å². The highest BCUT2D eigenvalue weighted by Gasteiger charge is 2.28. The molecule has 0 saturated heterocycles. The minimum Gasteiger partial charge on any atom is -0.480 e. The van der Waals surface area contributed by atoms with Crippen LogP contribution in [0.15, 0.2) is 0 Å². The van der Waals surface area contributed by atoms with Crippen LogP contribution in [-0.2, 0) is 9.59 Å². The number of carbonyl (C=O) groups is 3. The topological polar surface area (TPSA) is 95.5 Å². The van der Waals surface area contributed by atoms with Crippen LogP contribution in [0.5, 0.6) is 0 Å². The van der Waals surface area contributed by atoms with E-state index < -0.39 is 22.7 Å². The molecule has 0 aliphatic carbocycles. The average Bonchev–Trinajstić information content (AvgIpc) is 2.25. The van der Waals surface area contributed by atoms with Crippen molar-refractivity contribution < 1.29 is 19.5 Å². The first-order valence-electron chi connectivity index (χ1n) is 6.10. The van der Waals surface area contributed by atoms with Gasteiger partial charge in [0.1, 0.15) is 4.75 Å². The number of nitrogens with one attached hydrogen (secondary N) is 2. The Balaban J connectivity index is 3.92. The number of hydrogen-bond donors (Lipinski definition) is 3. The van der Waals surface area contributed by atoms with Gasteiger partial charge in [-0.05, 0) is 26.2 Å². The lowest BCUT2D eigenvalue weighted by Gasteiger charge is -2.17. The lowest BCUT2D eigenvalue weighted by atomic mass is 10.1. The van der Waals surface area contributed by atoms with E-state index in [1.807, 2.05) is 13.8 Å². The Bertz CT molecular complexity index is 343. The van der Waals surface area contributed by atoms with Gasteiger partial charge < -0.3 is 10.4 Å². The van der Waals surface area contributed by atoms with Crippen molar-refractivity contribution in [1.29, 1.82) is 0 Å². The van der Waals surface area contributed by atoms with Gasteiger partial charge >= 0.3 is 12.0 Å². The van der Waals surface area contributed by atoms with Crippen LogP contribution in [0, 0.1) is 5.92 Å². The van der Waals surface area contributed by atoms with Crippen LogP contribution < -0.4 is 10.6 Å². The molecular weight excluding hydrogens is 268 g/mol. The number of aliphatic carboxylic acids is 1. The highest BCUT2D eigenvalue weighted by molar-refractivity contribution is 8.01.